The number of imidazole rings is 1. The van der Waals surface area contributed by atoms with Gasteiger partial charge in [-0.15, -0.1) is 0 Å². The average Bonchev–Trinajstić information content (AvgIpc) is 3.75. The number of aliphatic hydroxyl groups is 2. The van der Waals surface area contributed by atoms with Crippen LogP contribution in [0, 0.1) is 0 Å². The van der Waals surface area contributed by atoms with E-state index in [2.05, 4.69) is 15.3 Å². The third kappa shape index (κ3) is 5.82. The average molecular weight is 688 g/mol. The molecule has 0 bridgehead atoms. The van der Waals surface area contributed by atoms with Crippen molar-refractivity contribution in [3.63, 3.8) is 0 Å². The topological polar surface area (TPSA) is 161 Å². The van der Waals surface area contributed by atoms with Gasteiger partial charge in [0.15, 0.2) is 16.9 Å². The van der Waals surface area contributed by atoms with E-state index in [1.54, 1.807) is 18.8 Å². The predicted octanol–water partition coefficient (Wildman–Crippen LogP) is 4.15. The van der Waals surface area contributed by atoms with E-state index in [-0.39, 0.29) is 35.9 Å². The Balaban J connectivity index is 1.52. The summed E-state index contributed by atoms with van der Waals surface area (Å²) >= 11 is 0. The van der Waals surface area contributed by atoms with Crippen LogP contribution in [0.15, 0.2) is 120 Å². The minimum Gasteiger partial charge on any atom is -0.497 e. The number of aromatic nitrogens is 4. The molecule has 0 unspecified atom stereocenters. The van der Waals surface area contributed by atoms with Gasteiger partial charge in [-0.05, 0) is 46.5 Å². The van der Waals surface area contributed by atoms with Gasteiger partial charge in [-0.1, -0.05) is 84.9 Å². The predicted molar refractivity (Wildman–Crippen MR) is 190 cm³/mol. The molecule has 0 spiro atoms. The molecule has 51 heavy (non-hydrogen) atoms. The molecule has 1 fully saturated rings. The molecule has 0 saturated carbocycles. The number of aromatic amines is 1. The van der Waals surface area contributed by atoms with Crippen molar-refractivity contribution >= 4 is 23.0 Å². The maximum absolute atomic E-state index is 13.6. The van der Waals surface area contributed by atoms with Crippen molar-refractivity contribution in [2.75, 3.05) is 26.1 Å². The number of carbonyl (C=O) groups is 1. The monoisotopic (exact) mass is 687 g/mol. The lowest BCUT2D eigenvalue weighted by molar-refractivity contribution is -0.142. The fourth-order valence-electron chi connectivity index (χ4n) is 7.27. The fourth-order valence-corrected chi connectivity index (χ4v) is 7.27. The van der Waals surface area contributed by atoms with Gasteiger partial charge in [-0.3, -0.25) is 24.5 Å². The van der Waals surface area contributed by atoms with Crippen molar-refractivity contribution in [1.82, 2.24) is 19.5 Å². The number of aliphatic hydroxyl groups excluding tert-OH is 2. The van der Waals surface area contributed by atoms with Crippen LogP contribution in [0.25, 0.3) is 11.2 Å². The molecule has 7 rings (SSSR count). The first kappa shape index (κ1) is 33.7. The summed E-state index contributed by atoms with van der Waals surface area (Å²) in [5.74, 6) is 0.791. The second-order valence-corrected chi connectivity index (χ2v) is 12.4. The molecule has 4 N–H and O–H groups in total. The number of rotatable bonds is 11. The number of hydrogen-bond acceptors (Lipinski definition) is 9. The van der Waals surface area contributed by atoms with Crippen LogP contribution in [0.1, 0.15) is 28.7 Å². The quantitative estimate of drug-likeness (QED) is 0.147. The highest BCUT2D eigenvalue weighted by molar-refractivity contribution is 5.91. The maximum Gasteiger partial charge on any atom is 0.280 e. The molecule has 2 aromatic heterocycles. The molecular weight excluding hydrogens is 650 g/mol. The van der Waals surface area contributed by atoms with E-state index in [9.17, 15) is 19.8 Å². The standard InChI is InChI=1S/C39H37N5O7/c1-49-29-17-13-27(14-18-29)39(26-11-7-4-8-12-26,28-15-19-30(50-2)20-16-28)38(22-31(46)32(23-45)51-38)44-24-40-34-35(44)42-37(43-36(34)48)41-33(47)21-25-9-5-3-6-10-25/h3-20,24,31-32,45-46H,21-23H2,1-2H3,(H2,41,42,43,47,48)/t31-,32+,38-/m0/s1. The van der Waals surface area contributed by atoms with Crippen LogP contribution in [-0.4, -0.2) is 68.7 Å². The van der Waals surface area contributed by atoms with Gasteiger partial charge in [-0.2, -0.15) is 4.98 Å². The van der Waals surface area contributed by atoms with Gasteiger partial charge in [-0.25, -0.2) is 4.98 Å². The van der Waals surface area contributed by atoms with Crippen LogP contribution in [0.2, 0.25) is 0 Å². The Kier molecular flexibility index (Phi) is 9.13. The third-order valence-corrected chi connectivity index (χ3v) is 9.54. The van der Waals surface area contributed by atoms with E-state index in [1.165, 1.54) is 6.33 Å². The minimum atomic E-state index is -1.62. The summed E-state index contributed by atoms with van der Waals surface area (Å²) in [5, 5.41) is 24.9. The molecule has 1 aliphatic heterocycles. The highest BCUT2D eigenvalue weighted by Gasteiger charge is 2.63. The number of fused-ring (bicyclic) bond motifs is 1. The Hall–Kier alpha value is -5.82. The van der Waals surface area contributed by atoms with E-state index in [0.717, 1.165) is 22.3 Å². The van der Waals surface area contributed by atoms with E-state index < -0.39 is 35.5 Å². The second kappa shape index (κ2) is 13.8. The van der Waals surface area contributed by atoms with Crippen molar-refractivity contribution < 1.29 is 29.2 Å². The highest BCUT2D eigenvalue weighted by Crippen LogP contribution is 2.57. The Labute approximate surface area is 293 Å². The van der Waals surface area contributed by atoms with Crippen LogP contribution < -0.4 is 20.3 Å². The lowest BCUT2D eigenvalue weighted by atomic mass is 9.61. The van der Waals surface area contributed by atoms with Crippen LogP contribution in [-0.2, 0) is 27.1 Å². The van der Waals surface area contributed by atoms with E-state index in [4.69, 9.17) is 19.2 Å². The summed E-state index contributed by atoms with van der Waals surface area (Å²) in [7, 11) is 3.17. The molecule has 1 aliphatic rings. The minimum absolute atomic E-state index is 0.00704. The summed E-state index contributed by atoms with van der Waals surface area (Å²) in [5.41, 5.74) is -0.360. The second-order valence-electron chi connectivity index (χ2n) is 12.4. The molecule has 12 nitrogen and oxygen atoms in total. The lowest BCUT2D eigenvalue weighted by Crippen LogP contribution is -2.55. The Morgan fingerprint density at radius 2 is 1.49 bits per heavy atom. The molecule has 1 amide bonds. The smallest absolute Gasteiger partial charge is 0.280 e. The molecule has 0 aliphatic carbocycles. The third-order valence-electron chi connectivity index (χ3n) is 9.54. The van der Waals surface area contributed by atoms with Crippen molar-refractivity contribution in [1.29, 1.82) is 0 Å². The number of ether oxygens (including phenoxy) is 3. The SMILES string of the molecule is COc1ccc(C(c2ccccc2)(c2ccc(OC)cc2)[C@]2(n3cnc4c(=O)[nH]c(NC(=O)Cc5ccccc5)nc43)C[C@H](O)[C@@H](CO)O2)cc1. The van der Waals surface area contributed by atoms with Gasteiger partial charge in [0, 0.05) is 6.42 Å². The highest BCUT2D eigenvalue weighted by atomic mass is 16.6. The number of carbonyl (C=O) groups excluding carboxylic acids is 1. The van der Waals surface area contributed by atoms with E-state index >= 15 is 0 Å². The first-order chi connectivity index (χ1) is 24.8. The zero-order valence-electron chi connectivity index (χ0n) is 28.0. The lowest BCUT2D eigenvalue weighted by Gasteiger charge is -2.50. The van der Waals surface area contributed by atoms with Gasteiger partial charge < -0.3 is 24.4 Å². The number of amides is 1. The van der Waals surface area contributed by atoms with Gasteiger partial charge >= 0.3 is 0 Å². The number of methoxy groups -OCH3 is 2. The largest absolute Gasteiger partial charge is 0.497 e. The molecule has 260 valence electrons. The van der Waals surface area contributed by atoms with Crippen molar-refractivity contribution in [2.45, 2.75) is 36.2 Å². The van der Waals surface area contributed by atoms with Gasteiger partial charge in [0.2, 0.25) is 11.9 Å². The van der Waals surface area contributed by atoms with Crippen LogP contribution in [0.3, 0.4) is 0 Å². The number of anilines is 1. The molecule has 12 heteroatoms. The Morgan fingerprint density at radius 3 is 2.04 bits per heavy atom. The number of nitrogens with zero attached hydrogens (tertiary/aromatic N) is 3. The molecule has 3 atom stereocenters. The molecule has 6 aromatic rings. The zero-order chi connectivity index (χ0) is 35.6. The van der Waals surface area contributed by atoms with Crippen LogP contribution in [0.4, 0.5) is 5.95 Å². The van der Waals surface area contributed by atoms with E-state index in [0.29, 0.717) is 11.5 Å². The number of benzene rings is 4. The zero-order valence-corrected chi connectivity index (χ0v) is 28.0. The first-order valence-corrected chi connectivity index (χ1v) is 16.5. The normalized spacial score (nSPS) is 18.8. The maximum atomic E-state index is 13.6. The summed E-state index contributed by atoms with van der Waals surface area (Å²) in [6.45, 7) is -0.486. The molecule has 3 heterocycles. The number of nitrogens with one attached hydrogen (secondary N) is 2. The summed E-state index contributed by atoms with van der Waals surface area (Å²) in [4.78, 5) is 38.6. The van der Waals surface area contributed by atoms with Gasteiger partial charge in [0.05, 0.1) is 45.1 Å². The number of hydrogen-bond donors (Lipinski definition) is 4. The van der Waals surface area contributed by atoms with Crippen molar-refractivity contribution in [2.24, 2.45) is 0 Å². The summed E-state index contributed by atoms with van der Waals surface area (Å²) in [6, 6.07) is 33.9. The number of H-pyrrole nitrogens is 1. The first-order valence-electron chi connectivity index (χ1n) is 16.5. The van der Waals surface area contributed by atoms with Crippen molar-refractivity contribution in [3.8, 4) is 11.5 Å². The molecular formula is C39H37N5O7. The summed E-state index contributed by atoms with van der Waals surface area (Å²) in [6.07, 6.45) is -0.695. The summed E-state index contributed by atoms with van der Waals surface area (Å²) < 4.78 is 19.7. The van der Waals surface area contributed by atoms with Crippen LogP contribution in [0.5, 0.6) is 11.5 Å². The van der Waals surface area contributed by atoms with Crippen LogP contribution >= 0.6 is 0 Å². The Morgan fingerprint density at radius 1 is 0.922 bits per heavy atom. The fraction of sp³-hybridized carbons (Fsp3) is 0.231. The molecule has 0 radical (unpaired) electrons. The van der Waals surface area contributed by atoms with E-state index in [1.807, 2.05) is 109 Å². The Bertz CT molecular complexity index is 2140. The molecule has 4 aromatic carbocycles. The molecule has 1 saturated heterocycles. The van der Waals surface area contributed by atoms with Gasteiger partial charge in [0.1, 0.15) is 17.6 Å². The van der Waals surface area contributed by atoms with Crippen molar-refractivity contribution in [3.05, 3.63) is 148 Å². The van der Waals surface area contributed by atoms with Gasteiger partial charge in [0.25, 0.3) is 5.56 Å².